The van der Waals surface area contributed by atoms with Gasteiger partial charge in [0.05, 0.1) is 26.5 Å². The maximum atomic E-state index is 13.2. The van der Waals surface area contributed by atoms with Crippen molar-refractivity contribution in [1.82, 2.24) is 9.10 Å². The van der Waals surface area contributed by atoms with E-state index >= 15 is 0 Å². The second-order valence-corrected chi connectivity index (χ2v) is 8.42. The largest absolute Gasteiger partial charge is 0.331 e. The van der Waals surface area contributed by atoms with Crippen LogP contribution >= 0.6 is 11.5 Å². The summed E-state index contributed by atoms with van der Waals surface area (Å²) in [5.41, 5.74) is 2.74. The van der Waals surface area contributed by atoms with Crippen molar-refractivity contribution in [1.29, 1.82) is 0 Å². The summed E-state index contributed by atoms with van der Waals surface area (Å²) >= 11 is 1.34. The van der Waals surface area contributed by atoms with Crippen LogP contribution in [0.2, 0.25) is 0 Å². The molecule has 3 aromatic carbocycles. The molecule has 1 aliphatic rings. The Balaban J connectivity index is 1.49. The van der Waals surface area contributed by atoms with Gasteiger partial charge in [0, 0.05) is 16.5 Å². The predicted octanol–water partition coefficient (Wildman–Crippen LogP) is 4.35. The zero-order valence-electron chi connectivity index (χ0n) is 14.8. The van der Waals surface area contributed by atoms with E-state index in [1.54, 1.807) is 48.5 Å². The minimum atomic E-state index is -1.71. The van der Waals surface area contributed by atoms with E-state index in [4.69, 9.17) is 0 Å². The predicted molar refractivity (Wildman–Crippen MR) is 113 cm³/mol. The lowest BCUT2D eigenvalue weighted by Crippen LogP contribution is -2.31. The Hall–Kier alpha value is -3.36. The van der Waals surface area contributed by atoms with Crippen molar-refractivity contribution >= 4 is 50.1 Å². The zero-order chi connectivity index (χ0) is 20.0. The summed E-state index contributed by atoms with van der Waals surface area (Å²) in [6.45, 7) is 0. The van der Waals surface area contributed by atoms with E-state index in [1.165, 1.54) is 11.5 Å². The minimum absolute atomic E-state index is 0.168. The number of carbonyl (C=O) groups excluding carboxylic acids is 2. The summed E-state index contributed by atoms with van der Waals surface area (Å²) in [6, 6.07) is 18.7. The Morgan fingerprint density at radius 1 is 0.931 bits per heavy atom. The number of anilines is 1. The molecule has 1 aromatic heterocycles. The van der Waals surface area contributed by atoms with Crippen LogP contribution < -0.4 is 10.0 Å². The summed E-state index contributed by atoms with van der Waals surface area (Å²) in [7, 11) is -1.71. The van der Waals surface area contributed by atoms with E-state index in [2.05, 4.69) is 14.4 Å². The van der Waals surface area contributed by atoms with Crippen LogP contribution in [0.5, 0.6) is 0 Å². The van der Waals surface area contributed by atoms with Gasteiger partial charge in [-0.1, -0.05) is 42.5 Å². The maximum Gasteiger partial charge on any atom is 0.331 e. The van der Waals surface area contributed by atoms with Crippen LogP contribution in [0.4, 0.5) is 10.5 Å². The molecule has 0 saturated heterocycles. The average molecular weight is 419 g/mol. The van der Waals surface area contributed by atoms with Gasteiger partial charge >= 0.3 is 6.03 Å². The van der Waals surface area contributed by atoms with Crippen LogP contribution in [0, 0.1) is 0 Å². The summed E-state index contributed by atoms with van der Waals surface area (Å²) in [6.07, 6.45) is 0. The van der Waals surface area contributed by atoms with Gasteiger partial charge in [0.2, 0.25) is 0 Å². The summed E-state index contributed by atoms with van der Waals surface area (Å²) in [5.74, 6) is -0.168. The molecule has 0 aliphatic heterocycles. The van der Waals surface area contributed by atoms with Crippen LogP contribution in [0.15, 0.2) is 71.6 Å². The molecule has 1 heterocycles. The number of rotatable bonds is 3. The zero-order valence-corrected chi connectivity index (χ0v) is 16.5. The van der Waals surface area contributed by atoms with Crippen LogP contribution in [0.25, 0.3) is 21.3 Å². The molecule has 2 amide bonds. The van der Waals surface area contributed by atoms with Crippen LogP contribution in [0.3, 0.4) is 0 Å². The number of nitrogens with one attached hydrogen (secondary N) is 2. The van der Waals surface area contributed by atoms with Gasteiger partial charge in [0.25, 0.3) is 0 Å². The van der Waals surface area contributed by atoms with Gasteiger partial charge in [0.1, 0.15) is 0 Å². The van der Waals surface area contributed by atoms with E-state index in [0.717, 1.165) is 15.8 Å². The van der Waals surface area contributed by atoms with Crippen molar-refractivity contribution in [2.45, 2.75) is 4.90 Å². The second-order valence-electron chi connectivity index (χ2n) is 6.41. The molecule has 29 heavy (non-hydrogen) atoms. The van der Waals surface area contributed by atoms with Gasteiger partial charge in [-0.2, -0.15) is 4.37 Å². The van der Waals surface area contributed by atoms with Crippen molar-refractivity contribution in [3.63, 3.8) is 0 Å². The number of nitrogens with zero attached hydrogens (tertiary/aromatic N) is 1. The lowest BCUT2D eigenvalue weighted by Gasteiger charge is -2.18. The topological polar surface area (TPSA) is 88.2 Å². The normalized spacial score (nSPS) is 13.0. The Labute approximate surface area is 172 Å². The van der Waals surface area contributed by atoms with Crippen molar-refractivity contribution in [3.8, 4) is 11.3 Å². The second kappa shape index (κ2) is 6.91. The first kappa shape index (κ1) is 17.7. The number of aromatic nitrogens is 1. The molecule has 0 radical (unpaired) electrons. The van der Waals surface area contributed by atoms with Gasteiger partial charge in [0.15, 0.2) is 16.8 Å². The quantitative estimate of drug-likeness (QED) is 0.455. The molecule has 1 unspecified atom stereocenters. The molecule has 6 nitrogen and oxygen atoms in total. The van der Waals surface area contributed by atoms with E-state index in [0.29, 0.717) is 27.3 Å². The highest BCUT2D eigenvalue weighted by molar-refractivity contribution is 7.83. The SMILES string of the molecule is O=C(Nc1cccc2c1C(=O)c1cccc3snc-2c13)NS(=O)c1ccccc1. The van der Waals surface area contributed by atoms with Gasteiger partial charge in [-0.25, -0.2) is 9.00 Å². The molecule has 0 saturated carbocycles. The third kappa shape index (κ3) is 2.93. The molecular weight excluding hydrogens is 406 g/mol. The minimum Gasteiger partial charge on any atom is -0.306 e. The fourth-order valence-corrected chi connectivity index (χ4v) is 4.99. The van der Waals surface area contributed by atoms with Crippen molar-refractivity contribution in [3.05, 3.63) is 77.9 Å². The van der Waals surface area contributed by atoms with E-state index < -0.39 is 17.0 Å². The number of amides is 2. The smallest absolute Gasteiger partial charge is 0.306 e. The Morgan fingerprint density at radius 3 is 2.52 bits per heavy atom. The molecule has 2 N–H and O–H groups in total. The van der Waals surface area contributed by atoms with E-state index in [-0.39, 0.29) is 5.78 Å². The Bertz CT molecular complexity index is 1320. The van der Waals surface area contributed by atoms with Gasteiger partial charge in [-0.05, 0) is 35.8 Å². The van der Waals surface area contributed by atoms with Crippen LogP contribution in [0.1, 0.15) is 15.9 Å². The number of hydrogen-bond acceptors (Lipinski definition) is 5. The highest BCUT2D eigenvalue weighted by Gasteiger charge is 2.30. The third-order valence-electron chi connectivity index (χ3n) is 4.68. The van der Waals surface area contributed by atoms with Gasteiger partial charge < -0.3 is 5.32 Å². The molecule has 4 aromatic rings. The third-order valence-corrected chi connectivity index (χ3v) is 6.56. The monoisotopic (exact) mass is 419 g/mol. The molecule has 5 rings (SSSR count). The van der Waals surface area contributed by atoms with E-state index in [9.17, 15) is 13.8 Å². The number of carbonyl (C=O) groups is 2. The first-order valence-corrected chi connectivity index (χ1v) is 10.7. The molecular formula is C21H13N3O3S2. The number of urea groups is 1. The standard InChI is InChI=1S/C21H13N3O3S2/c25-20-14-9-5-11-16-18(14)19(23-28-16)13-8-4-10-15(17(13)20)22-21(26)24-29(27)12-6-2-1-3-7-12/h1-11H,(H2,22,24,26). The van der Waals surface area contributed by atoms with Crippen molar-refractivity contribution in [2.75, 3.05) is 5.32 Å². The van der Waals surface area contributed by atoms with Gasteiger partial charge in [-0.15, -0.1) is 0 Å². The first-order chi connectivity index (χ1) is 14.1. The molecule has 142 valence electrons. The molecule has 1 aliphatic carbocycles. The van der Waals surface area contributed by atoms with Crippen LogP contribution in [-0.4, -0.2) is 20.4 Å². The number of hydrogen-bond donors (Lipinski definition) is 2. The number of ketones is 1. The molecule has 0 bridgehead atoms. The molecule has 0 fully saturated rings. The summed E-state index contributed by atoms with van der Waals surface area (Å²) in [5, 5.41) is 3.52. The lowest BCUT2D eigenvalue weighted by molar-refractivity contribution is 0.104. The Kier molecular flexibility index (Phi) is 4.22. The van der Waals surface area contributed by atoms with Crippen molar-refractivity contribution < 1.29 is 13.8 Å². The first-order valence-electron chi connectivity index (χ1n) is 8.74. The fourth-order valence-electron chi connectivity index (χ4n) is 3.43. The summed E-state index contributed by atoms with van der Waals surface area (Å²) in [4.78, 5) is 26.1. The van der Waals surface area contributed by atoms with Crippen LogP contribution in [-0.2, 0) is 11.0 Å². The molecule has 1 atom stereocenters. The van der Waals surface area contributed by atoms with Gasteiger partial charge in [-0.3, -0.25) is 9.52 Å². The lowest BCUT2D eigenvalue weighted by atomic mass is 9.86. The Morgan fingerprint density at radius 2 is 1.69 bits per heavy atom. The molecule has 0 spiro atoms. The summed E-state index contributed by atoms with van der Waals surface area (Å²) < 4.78 is 20.2. The van der Waals surface area contributed by atoms with Crippen molar-refractivity contribution in [2.24, 2.45) is 0 Å². The number of benzene rings is 3. The van der Waals surface area contributed by atoms with E-state index in [1.807, 2.05) is 18.2 Å². The molecule has 8 heteroatoms. The fraction of sp³-hybridized carbons (Fsp3) is 0. The maximum absolute atomic E-state index is 13.2. The average Bonchev–Trinajstić information content (AvgIpc) is 3.17. The highest BCUT2D eigenvalue weighted by atomic mass is 32.2. The number of fused-ring (bicyclic) bond motifs is 2. The highest BCUT2D eigenvalue weighted by Crippen LogP contribution is 2.42.